The molecule has 0 radical (unpaired) electrons. The van der Waals surface area contributed by atoms with E-state index >= 15 is 0 Å². The van der Waals surface area contributed by atoms with E-state index in [1.807, 2.05) is 6.08 Å². The largest absolute Gasteiger partial charge is 0.103 e. The summed E-state index contributed by atoms with van der Waals surface area (Å²) in [5.41, 5.74) is 0. The van der Waals surface area contributed by atoms with E-state index in [0.29, 0.717) is 0 Å². The Labute approximate surface area is 123 Å². The summed E-state index contributed by atoms with van der Waals surface area (Å²) in [6, 6.07) is 0. The molecule has 0 atom stereocenters. The predicted octanol–water partition coefficient (Wildman–Crippen LogP) is 7.15. The quantitative estimate of drug-likeness (QED) is 0.250. The molecular weight excluding hydrogens is 284 g/mol. The maximum absolute atomic E-state index is 3.74. The van der Waals surface area contributed by atoms with Crippen molar-refractivity contribution in [2.75, 3.05) is 0 Å². The molecular formula is C17H31Br. The molecule has 0 saturated heterocycles. The Balaban J connectivity index is 3.17. The molecule has 1 heteroatoms. The second-order valence-electron chi connectivity index (χ2n) is 5.10. The van der Waals surface area contributed by atoms with Gasteiger partial charge in [0.2, 0.25) is 0 Å². The zero-order chi connectivity index (χ0) is 13.5. The fraction of sp³-hybridized carbons (Fsp3) is 0.765. The lowest BCUT2D eigenvalue weighted by Gasteiger charge is -2.01. The average molecular weight is 315 g/mol. The van der Waals surface area contributed by atoms with E-state index in [9.17, 15) is 0 Å². The average Bonchev–Trinajstić information content (AvgIpc) is 2.38. The van der Waals surface area contributed by atoms with Crippen LogP contribution in [0.5, 0.6) is 0 Å². The van der Waals surface area contributed by atoms with Crippen LogP contribution in [0.4, 0.5) is 0 Å². The first kappa shape index (κ1) is 18.0. The van der Waals surface area contributed by atoms with Gasteiger partial charge in [-0.2, -0.15) is 0 Å². The summed E-state index contributed by atoms with van der Waals surface area (Å²) in [7, 11) is 0. The van der Waals surface area contributed by atoms with E-state index in [-0.39, 0.29) is 0 Å². The summed E-state index contributed by atoms with van der Waals surface area (Å²) in [6.45, 7) is 6.02. The van der Waals surface area contributed by atoms with Crippen LogP contribution in [0.25, 0.3) is 0 Å². The highest BCUT2D eigenvalue weighted by atomic mass is 79.9. The van der Waals surface area contributed by atoms with Crippen LogP contribution >= 0.6 is 15.9 Å². The van der Waals surface area contributed by atoms with Gasteiger partial charge in [-0.3, -0.25) is 0 Å². The zero-order valence-corrected chi connectivity index (χ0v) is 13.8. The Morgan fingerprint density at radius 1 is 0.889 bits per heavy atom. The van der Waals surface area contributed by atoms with Crippen molar-refractivity contribution < 1.29 is 0 Å². The minimum absolute atomic E-state index is 1.08. The number of allylic oxidation sites excluding steroid dienone is 3. The molecule has 0 saturated carbocycles. The van der Waals surface area contributed by atoms with E-state index in [1.165, 1.54) is 68.7 Å². The molecule has 106 valence electrons. The van der Waals surface area contributed by atoms with Gasteiger partial charge in [-0.1, -0.05) is 86.4 Å². The van der Waals surface area contributed by atoms with Crippen molar-refractivity contribution in [2.24, 2.45) is 0 Å². The number of halogens is 1. The molecule has 0 aliphatic carbocycles. The van der Waals surface area contributed by atoms with Crippen molar-refractivity contribution in [1.29, 1.82) is 0 Å². The molecule has 0 bridgehead atoms. The highest BCUT2D eigenvalue weighted by Gasteiger charge is 1.93. The van der Waals surface area contributed by atoms with Crippen LogP contribution in [0.2, 0.25) is 0 Å². The van der Waals surface area contributed by atoms with Gasteiger partial charge in [0.1, 0.15) is 0 Å². The van der Waals surface area contributed by atoms with Gasteiger partial charge < -0.3 is 0 Å². The minimum atomic E-state index is 1.08. The summed E-state index contributed by atoms with van der Waals surface area (Å²) in [4.78, 5) is 0. The molecule has 0 heterocycles. The first-order valence-corrected chi connectivity index (χ1v) is 8.56. The van der Waals surface area contributed by atoms with Crippen molar-refractivity contribution in [1.82, 2.24) is 0 Å². The first-order chi connectivity index (χ1) is 8.81. The third-order valence-electron chi connectivity index (χ3n) is 3.26. The molecule has 0 unspecified atom stereocenters. The van der Waals surface area contributed by atoms with Crippen molar-refractivity contribution in [3.05, 3.63) is 23.2 Å². The van der Waals surface area contributed by atoms with E-state index in [4.69, 9.17) is 0 Å². The lowest BCUT2D eigenvalue weighted by molar-refractivity contribution is 0.566. The number of unbranched alkanes of at least 4 members (excludes halogenated alkanes) is 9. The molecule has 0 amide bonds. The van der Waals surface area contributed by atoms with Crippen LogP contribution in [0.1, 0.15) is 84.0 Å². The third-order valence-corrected chi connectivity index (χ3v) is 3.98. The SMILES string of the molecule is C=CCC/C(Br)=C/CCCCCCCCCCC. The topological polar surface area (TPSA) is 0 Å². The van der Waals surface area contributed by atoms with Gasteiger partial charge in [-0.15, -0.1) is 6.58 Å². The number of hydrogen-bond acceptors (Lipinski definition) is 0. The molecule has 0 aliphatic rings. The maximum Gasteiger partial charge on any atom is -0.00861 e. The number of hydrogen-bond donors (Lipinski definition) is 0. The van der Waals surface area contributed by atoms with Gasteiger partial charge in [0.25, 0.3) is 0 Å². The van der Waals surface area contributed by atoms with E-state index in [1.54, 1.807) is 0 Å². The Kier molecular flexibility index (Phi) is 15.0. The summed E-state index contributed by atoms with van der Waals surface area (Å²) in [5.74, 6) is 0. The molecule has 0 rings (SSSR count). The molecule has 0 aromatic heterocycles. The predicted molar refractivity (Wildman–Crippen MR) is 88.3 cm³/mol. The fourth-order valence-corrected chi connectivity index (χ4v) is 2.51. The highest BCUT2D eigenvalue weighted by molar-refractivity contribution is 9.11. The van der Waals surface area contributed by atoms with Gasteiger partial charge >= 0.3 is 0 Å². The number of rotatable bonds is 13. The van der Waals surface area contributed by atoms with Crippen molar-refractivity contribution in [3.63, 3.8) is 0 Å². The van der Waals surface area contributed by atoms with Crippen LogP contribution < -0.4 is 0 Å². The van der Waals surface area contributed by atoms with E-state index < -0.39 is 0 Å². The molecule has 0 aliphatic heterocycles. The van der Waals surface area contributed by atoms with Crippen molar-refractivity contribution >= 4 is 15.9 Å². The fourth-order valence-electron chi connectivity index (χ4n) is 2.06. The van der Waals surface area contributed by atoms with E-state index in [0.717, 1.165) is 12.8 Å². The maximum atomic E-state index is 3.74. The van der Waals surface area contributed by atoms with Crippen molar-refractivity contribution in [3.8, 4) is 0 Å². The van der Waals surface area contributed by atoms with Gasteiger partial charge in [0.05, 0.1) is 0 Å². The summed E-state index contributed by atoms with van der Waals surface area (Å²) < 4.78 is 1.35. The van der Waals surface area contributed by atoms with Gasteiger partial charge in [-0.05, 0) is 30.2 Å². The summed E-state index contributed by atoms with van der Waals surface area (Å²) in [6.07, 6.45) is 20.4. The van der Waals surface area contributed by atoms with Gasteiger partial charge in [0, 0.05) is 0 Å². The molecule has 18 heavy (non-hydrogen) atoms. The van der Waals surface area contributed by atoms with Crippen molar-refractivity contribution in [2.45, 2.75) is 84.0 Å². The molecule has 0 nitrogen and oxygen atoms in total. The second-order valence-corrected chi connectivity index (χ2v) is 6.11. The van der Waals surface area contributed by atoms with Crippen LogP contribution in [0.15, 0.2) is 23.2 Å². The Hall–Kier alpha value is -0.0400. The lowest BCUT2D eigenvalue weighted by atomic mass is 10.1. The smallest absolute Gasteiger partial charge is 0.00861 e. The molecule has 0 N–H and O–H groups in total. The normalized spacial score (nSPS) is 11.8. The monoisotopic (exact) mass is 314 g/mol. The standard InChI is InChI=1S/C17H31Br/c1-3-5-7-8-9-10-11-12-13-14-16-17(18)15-6-4-2/h4,16H,2-3,5-15H2,1H3/b17-16-. The third kappa shape index (κ3) is 14.0. The Bertz CT molecular complexity index is 206. The van der Waals surface area contributed by atoms with Crippen LogP contribution in [0.3, 0.4) is 0 Å². The Morgan fingerprint density at radius 3 is 2.00 bits per heavy atom. The molecule has 0 aromatic rings. The van der Waals surface area contributed by atoms with Gasteiger partial charge in [-0.25, -0.2) is 0 Å². The van der Waals surface area contributed by atoms with Gasteiger partial charge in [0.15, 0.2) is 0 Å². The summed E-state index contributed by atoms with van der Waals surface area (Å²) >= 11 is 3.61. The summed E-state index contributed by atoms with van der Waals surface area (Å²) in [5, 5.41) is 0. The first-order valence-electron chi connectivity index (χ1n) is 7.76. The van der Waals surface area contributed by atoms with Crippen LogP contribution in [-0.4, -0.2) is 0 Å². The molecule has 0 fully saturated rings. The van der Waals surface area contributed by atoms with Crippen LogP contribution in [0, 0.1) is 0 Å². The Morgan fingerprint density at radius 2 is 1.44 bits per heavy atom. The van der Waals surface area contributed by atoms with E-state index in [2.05, 4.69) is 35.5 Å². The molecule has 0 spiro atoms. The van der Waals surface area contributed by atoms with Crippen LogP contribution in [-0.2, 0) is 0 Å². The highest BCUT2D eigenvalue weighted by Crippen LogP contribution is 2.16. The zero-order valence-electron chi connectivity index (χ0n) is 12.2. The minimum Gasteiger partial charge on any atom is -0.103 e. The molecule has 0 aromatic carbocycles. The lowest BCUT2D eigenvalue weighted by Crippen LogP contribution is -1.81. The second kappa shape index (κ2) is 15.0.